The fourth-order valence-electron chi connectivity index (χ4n) is 2.52. The van der Waals surface area contributed by atoms with E-state index in [1.165, 1.54) is 6.07 Å². The number of methoxy groups -OCH3 is 2. The van der Waals surface area contributed by atoms with Gasteiger partial charge >= 0.3 is 5.97 Å². The number of aryl methyl sites for hydroxylation is 2. The molecule has 134 valence electrons. The van der Waals surface area contributed by atoms with E-state index in [2.05, 4.69) is 0 Å². The van der Waals surface area contributed by atoms with E-state index in [1.54, 1.807) is 26.4 Å². The minimum Gasteiger partial charge on any atom is -0.493 e. The number of halogens is 1. The first-order valence-corrected chi connectivity index (χ1v) is 7.88. The molecule has 1 N–H and O–H groups in total. The third-order valence-electron chi connectivity index (χ3n) is 3.75. The molecule has 2 aromatic rings. The van der Waals surface area contributed by atoms with Gasteiger partial charge in [0.1, 0.15) is 0 Å². The number of aliphatic carboxylic acids is 1. The van der Waals surface area contributed by atoms with Crippen molar-refractivity contribution in [1.29, 1.82) is 0 Å². The van der Waals surface area contributed by atoms with Crippen molar-refractivity contribution in [3.63, 3.8) is 0 Å². The Balaban J connectivity index is 1.97. The molecular formula is C19H21FO5. The van der Waals surface area contributed by atoms with Gasteiger partial charge in [-0.3, -0.25) is 0 Å². The van der Waals surface area contributed by atoms with Gasteiger partial charge in [-0.1, -0.05) is 18.2 Å². The number of carbonyl (C=O) groups is 1. The number of carboxylic acids is 1. The molecule has 0 radical (unpaired) electrons. The van der Waals surface area contributed by atoms with Crippen LogP contribution in [0.2, 0.25) is 0 Å². The van der Waals surface area contributed by atoms with Crippen LogP contribution in [0.3, 0.4) is 0 Å². The second-order valence-electron chi connectivity index (χ2n) is 5.45. The molecule has 5 nitrogen and oxygen atoms in total. The van der Waals surface area contributed by atoms with Gasteiger partial charge in [-0.25, -0.2) is 9.18 Å². The Bertz CT molecular complexity index is 730. The Kier molecular flexibility index (Phi) is 6.62. The van der Waals surface area contributed by atoms with Crippen LogP contribution < -0.4 is 14.2 Å². The molecule has 25 heavy (non-hydrogen) atoms. The minimum absolute atomic E-state index is 0.0361. The van der Waals surface area contributed by atoms with E-state index in [0.29, 0.717) is 23.5 Å². The van der Waals surface area contributed by atoms with Crippen LogP contribution in [0, 0.1) is 5.82 Å². The molecular weight excluding hydrogens is 327 g/mol. The highest BCUT2D eigenvalue weighted by Crippen LogP contribution is 2.28. The van der Waals surface area contributed by atoms with E-state index < -0.39 is 18.4 Å². The zero-order valence-electron chi connectivity index (χ0n) is 14.3. The van der Waals surface area contributed by atoms with Crippen molar-refractivity contribution in [3.05, 3.63) is 53.3 Å². The predicted molar refractivity (Wildman–Crippen MR) is 91.1 cm³/mol. The highest BCUT2D eigenvalue weighted by Gasteiger charge is 2.11. The summed E-state index contributed by atoms with van der Waals surface area (Å²) in [5.41, 5.74) is 1.57. The number of carboxylic acid groups (broad SMARTS) is 1. The average Bonchev–Trinajstić information content (AvgIpc) is 2.61. The van der Waals surface area contributed by atoms with E-state index in [-0.39, 0.29) is 5.75 Å². The fraction of sp³-hybridized carbons (Fsp3) is 0.316. The second-order valence-corrected chi connectivity index (χ2v) is 5.45. The lowest BCUT2D eigenvalue weighted by Gasteiger charge is -2.11. The lowest BCUT2D eigenvalue weighted by Crippen LogP contribution is -2.10. The highest BCUT2D eigenvalue weighted by molar-refractivity contribution is 5.68. The monoisotopic (exact) mass is 348 g/mol. The minimum atomic E-state index is -1.14. The first-order valence-electron chi connectivity index (χ1n) is 7.88. The molecule has 0 saturated heterocycles. The lowest BCUT2D eigenvalue weighted by atomic mass is 10.0. The number of ether oxygens (including phenoxy) is 3. The van der Waals surface area contributed by atoms with E-state index in [4.69, 9.17) is 19.3 Å². The topological polar surface area (TPSA) is 65.0 Å². The van der Waals surface area contributed by atoms with Gasteiger partial charge in [0.25, 0.3) is 0 Å². The van der Waals surface area contributed by atoms with Crippen LogP contribution in [-0.2, 0) is 17.6 Å². The van der Waals surface area contributed by atoms with E-state index in [1.807, 2.05) is 18.2 Å². The molecule has 0 saturated carbocycles. The molecule has 0 unspecified atom stereocenters. The van der Waals surface area contributed by atoms with Crippen molar-refractivity contribution >= 4 is 5.97 Å². The quantitative estimate of drug-likeness (QED) is 0.752. The van der Waals surface area contributed by atoms with Crippen LogP contribution in [0.4, 0.5) is 4.39 Å². The van der Waals surface area contributed by atoms with Crippen molar-refractivity contribution in [3.8, 4) is 17.2 Å². The number of hydrogen-bond donors (Lipinski definition) is 1. The van der Waals surface area contributed by atoms with Gasteiger partial charge in [0.15, 0.2) is 29.7 Å². The second kappa shape index (κ2) is 8.92. The van der Waals surface area contributed by atoms with Gasteiger partial charge in [-0.2, -0.15) is 0 Å². The first kappa shape index (κ1) is 18.6. The van der Waals surface area contributed by atoms with Crippen LogP contribution in [0.1, 0.15) is 17.5 Å². The maximum Gasteiger partial charge on any atom is 0.341 e. The highest BCUT2D eigenvalue weighted by atomic mass is 19.1. The molecule has 0 atom stereocenters. The van der Waals surface area contributed by atoms with Crippen LogP contribution >= 0.6 is 0 Å². The molecule has 0 spiro atoms. The van der Waals surface area contributed by atoms with Crippen LogP contribution in [-0.4, -0.2) is 31.9 Å². The smallest absolute Gasteiger partial charge is 0.341 e. The Morgan fingerprint density at radius 2 is 1.80 bits per heavy atom. The zero-order valence-corrected chi connectivity index (χ0v) is 14.3. The summed E-state index contributed by atoms with van der Waals surface area (Å²) >= 11 is 0. The molecule has 2 aromatic carbocycles. The number of rotatable bonds is 9. The van der Waals surface area contributed by atoms with Gasteiger partial charge < -0.3 is 19.3 Å². The molecule has 0 aromatic heterocycles. The summed E-state index contributed by atoms with van der Waals surface area (Å²) in [6, 6.07) is 10.5. The Hall–Kier alpha value is -2.76. The normalized spacial score (nSPS) is 10.4. The summed E-state index contributed by atoms with van der Waals surface area (Å²) < 4.78 is 29.7. The van der Waals surface area contributed by atoms with Crippen LogP contribution in [0.5, 0.6) is 17.2 Å². The largest absolute Gasteiger partial charge is 0.493 e. The fourth-order valence-corrected chi connectivity index (χ4v) is 2.52. The van der Waals surface area contributed by atoms with Crippen molar-refractivity contribution < 1.29 is 28.5 Å². The Labute approximate surface area is 146 Å². The molecule has 0 heterocycles. The molecule has 0 aliphatic rings. The van der Waals surface area contributed by atoms with Gasteiger partial charge in [0.05, 0.1) is 14.2 Å². The SMILES string of the molecule is COc1ccc(CCCc2cccc(OCC(=O)O)c2F)cc1OC. The van der Waals surface area contributed by atoms with Crippen LogP contribution in [0.25, 0.3) is 0 Å². The summed E-state index contributed by atoms with van der Waals surface area (Å²) in [5, 5.41) is 8.62. The third-order valence-corrected chi connectivity index (χ3v) is 3.75. The van der Waals surface area contributed by atoms with E-state index in [0.717, 1.165) is 18.4 Å². The maximum atomic E-state index is 14.3. The molecule has 0 aliphatic heterocycles. The van der Waals surface area contributed by atoms with Crippen molar-refractivity contribution in [1.82, 2.24) is 0 Å². The van der Waals surface area contributed by atoms with Crippen molar-refractivity contribution in [2.45, 2.75) is 19.3 Å². The average molecular weight is 348 g/mol. The summed E-state index contributed by atoms with van der Waals surface area (Å²) in [4.78, 5) is 10.5. The van der Waals surface area contributed by atoms with Crippen molar-refractivity contribution in [2.75, 3.05) is 20.8 Å². The maximum absolute atomic E-state index is 14.3. The Morgan fingerprint density at radius 1 is 1.04 bits per heavy atom. The molecule has 0 fully saturated rings. The molecule has 6 heteroatoms. The number of hydrogen-bond acceptors (Lipinski definition) is 4. The summed E-state index contributed by atoms with van der Waals surface area (Å²) in [7, 11) is 3.17. The Morgan fingerprint density at radius 3 is 2.48 bits per heavy atom. The molecule has 0 amide bonds. The molecule has 0 aliphatic carbocycles. The first-order chi connectivity index (χ1) is 12.0. The lowest BCUT2D eigenvalue weighted by molar-refractivity contribution is -0.139. The van der Waals surface area contributed by atoms with E-state index in [9.17, 15) is 9.18 Å². The van der Waals surface area contributed by atoms with Gasteiger partial charge in [0.2, 0.25) is 0 Å². The zero-order chi connectivity index (χ0) is 18.2. The summed E-state index contributed by atoms with van der Waals surface area (Å²) in [6.07, 6.45) is 2.00. The number of benzene rings is 2. The standard InChI is InChI=1S/C19H21FO5/c1-23-15-10-9-13(11-17(15)24-2)5-3-6-14-7-4-8-16(19(14)20)25-12-18(21)22/h4,7-11H,3,5-6,12H2,1-2H3,(H,21,22). The molecule has 0 bridgehead atoms. The van der Waals surface area contributed by atoms with Crippen LogP contribution in [0.15, 0.2) is 36.4 Å². The summed E-state index contributed by atoms with van der Waals surface area (Å²) in [5.74, 6) is -0.351. The van der Waals surface area contributed by atoms with Gasteiger partial charge in [-0.05, 0) is 48.6 Å². The van der Waals surface area contributed by atoms with Gasteiger partial charge in [-0.15, -0.1) is 0 Å². The van der Waals surface area contributed by atoms with Gasteiger partial charge in [0, 0.05) is 0 Å². The van der Waals surface area contributed by atoms with E-state index >= 15 is 0 Å². The predicted octanol–water partition coefficient (Wildman–Crippen LogP) is 3.48. The third kappa shape index (κ3) is 5.11. The molecule has 2 rings (SSSR count). The summed E-state index contributed by atoms with van der Waals surface area (Å²) in [6.45, 7) is -0.563. The van der Waals surface area contributed by atoms with Crippen molar-refractivity contribution in [2.24, 2.45) is 0 Å².